The summed E-state index contributed by atoms with van der Waals surface area (Å²) < 4.78 is 5.68. The zero-order valence-electron chi connectivity index (χ0n) is 11.3. The minimum absolute atomic E-state index is 0.727. The zero-order valence-corrected chi connectivity index (χ0v) is 11.3. The predicted molar refractivity (Wildman–Crippen MR) is 73.7 cm³/mol. The average molecular weight is 248 g/mol. The molecule has 0 saturated heterocycles. The third-order valence-corrected chi connectivity index (χ3v) is 3.18. The normalized spacial score (nSPS) is 14.7. The van der Waals surface area contributed by atoms with E-state index in [9.17, 15) is 0 Å². The molecule has 0 aliphatic heterocycles. The Morgan fingerprint density at radius 2 is 2.17 bits per heavy atom. The molecule has 3 heteroatoms. The van der Waals surface area contributed by atoms with Gasteiger partial charge < -0.3 is 10.1 Å². The summed E-state index contributed by atoms with van der Waals surface area (Å²) in [5, 5.41) is 3.47. The first-order valence-corrected chi connectivity index (χ1v) is 7.20. The molecule has 0 unspecified atom stereocenters. The van der Waals surface area contributed by atoms with Crippen molar-refractivity contribution in [2.24, 2.45) is 0 Å². The van der Waals surface area contributed by atoms with Crippen molar-refractivity contribution < 1.29 is 4.74 Å². The largest absolute Gasteiger partial charge is 0.478 e. The minimum Gasteiger partial charge on any atom is -0.478 e. The van der Waals surface area contributed by atoms with E-state index in [0.717, 1.165) is 37.2 Å². The Morgan fingerprint density at radius 3 is 2.94 bits per heavy atom. The molecule has 18 heavy (non-hydrogen) atoms. The summed E-state index contributed by atoms with van der Waals surface area (Å²) >= 11 is 0. The highest BCUT2D eigenvalue weighted by atomic mass is 16.5. The highest BCUT2D eigenvalue weighted by Gasteiger charge is 2.20. The minimum atomic E-state index is 0.727. The van der Waals surface area contributed by atoms with Crippen molar-refractivity contribution >= 4 is 0 Å². The maximum Gasteiger partial charge on any atom is 0.213 e. The number of ether oxygens (including phenoxy) is 1. The second-order valence-corrected chi connectivity index (χ2v) is 5.03. The van der Waals surface area contributed by atoms with Crippen molar-refractivity contribution in [3.05, 3.63) is 23.9 Å². The Morgan fingerprint density at radius 1 is 1.28 bits per heavy atom. The van der Waals surface area contributed by atoms with Crippen LogP contribution in [0, 0.1) is 0 Å². The van der Waals surface area contributed by atoms with Crippen molar-refractivity contribution in [1.29, 1.82) is 0 Å². The van der Waals surface area contributed by atoms with Gasteiger partial charge in [0.15, 0.2) is 0 Å². The lowest BCUT2D eigenvalue weighted by molar-refractivity contribution is 0.293. The van der Waals surface area contributed by atoms with E-state index in [4.69, 9.17) is 4.74 Å². The monoisotopic (exact) mass is 248 g/mol. The summed E-state index contributed by atoms with van der Waals surface area (Å²) in [6.07, 6.45) is 7.56. The second kappa shape index (κ2) is 7.37. The summed E-state index contributed by atoms with van der Waals surface area (Å²) in [5.74, 6) is 0.765. The van der Waals surface area contributed by atoms with E-state index >= 15 is 0 Å². The van der Waals surface area contributed by atoms with E-state index < -0.39 is 0 Å². The van der Waals surface area contributed by atoms with E-state index in [2.05, 4.69) is 23.3 Å². The number of unbranched alkanes of at least 4 members (excludes halogenated alkanes) is 3. The number of nitrogens with one attached hydrogen (secondary N) is 1. The number of rotatable bonds is 9. The van der Waals surface area contributed by atoms with Crippen molar-refractivity contribution in [2.45, 2.75) is 58.0 Å². The molecule has 1 aromatic heterocycles. The number of hydrogen-bond donors (Lipinski definition) is 1. The highest BCUT2D eigenvalue weighted by molar-refractivity contribution is 5.15. The van der Waals surface area contributed by atoms with Crippen LogP contribution >= 0.6 is 0 Å². The molecule has 1 saturated carbocycles. The highest BCUT2D eigenvalue weighted by Crippen LogP contribution is 2.19. The Hall–Kier alpha value is -1.09. The molecular weight excluding hydrogens is 224 g/mol. The molecule has 100 valence electrons. The van der Waals surface area contributed by atoms with Crippen molar-refractivity contribution in [3.63, 3.8) is 0 Å². The van der Waals surface area contributed by atoms with Gasteiger partial charge in [0.05, 0.1) is 12.3 Å². The molecule has 0 bridgehead atoms. The summed E-state index contributed by atoms with van der Waals surface area (Å²) in [6, 6.07) is 6.75. The summed E-state index contributed by atoms with van der Waals surface area (Å²) in [4.78, 5) is 4.51. The molecule has 1 heterocycles. The summed E-state index contributed by atoms with van der Waals surface area (Å²) in [7, 11) is 0. The van der Waals surface area contributed by atoms with Crippen LogP contribution in [0.1, 0.15) is 51.1 Å². The van der Waals surface area contributed by atoms with Gasteiger partial charge >= 0.3 is 0 Å². The van der Waals surface area contributed by atoms with Crippen LogP contribution in [-0.4, -0.2) is 17.6 Å². The molecule has 0 amide bonds. The van der Waals surface area contributed by atoms with Crippen LogP contribution in [0.15, 0.2) is 18.2 Å². The first-order valence-electron chi connectivity index (χ1n) is 7.20. The third kappa shape index (κ3) is 5.05. The average Bonchev–Trinajstić information content (AvgIpc) is 3.21. The van der Waals surface area contributed by atoms with Gasteiger partial charge in [0.25, 0.3) is 0 Å². The second-order valence-electron chi connectivity index (χ2n) is 5.03. The lowest BCUT2D eigenvalue weighted by Crippen LogP contribution is -2.16. The van der Waals surface area contributed by atoms with Crippen LogP contribution in [0.3, 0.4) is 0 Å². The van der Waals surface area contributed by atoms with Crippen LogP contribution in [0.25, 0.3) is 0 Å². The van der Waals surface area contributed by atoms with Gasteiger partial charge in [0.1, 0.15) is 0 Å². The van der Waals surface area contributed by atoms with Gasteiger partial charge in [-0.3, -0.25) is 0 Å². The SMILES string of the molecule is CCCCCCOc1cccc(CNC2CC2)n1. The fourth-order valence-corrected chi connectivity index (χ4v) is 1.88. The Kier molecular flexibility index (Phi) is 5.46. The van der Waals surface area contributed by atoms with Crippen LogP contribution in [0.5, 0.6) is 5.88 Å². The smallest absolute Gasteiger partial charge is 0.213 e. The fourth-order valence-electron chi connectivity index (χ4n) is 1.88. The van der Waals surface area contributed by atoms with Gasteiger partial charge in [-0.2, -0.15) is 0 Å². The predicted octanol–water partition coefficient (Wildman–Crippen LogP) is 3.29. The number of pyridine rings is 1. The first-order chi connectivity index (χ1) is 8.88. The lowest BCUT2D eigenvalue weighted by atomic mass is 10.2. The van der Waals surface area contributed by atoms with E-state index in [1.54, 1.807) is 0 Å². The molecule has 1 aliphatic rings. The van der Waals surface area contributed by atoms with Crippen molar-refractivity contribution in [2.75, 3.05) is 6.61 Å². The van der Waals surface area contributed by atoms with Gasteiger partial charge in [-0.25, -0.2) is 4.98 Å². The maximum atomic E-state index is 5.68. The molecule has 2 rings (SSSR count). The summed E-state index contributed by atoms with van der Waals surface area (Å²) in [5.41, 5.74) is 1.08. The van der Waals surface area contributed by atoms with Gasteiger partial charge in [0, 0.05) is 18.7 Å². The topological polar surface area (TPSA) is 34.1 Å². The molecule has 3 nitrogen and oxygen atoms in total. The van der Waals surface area contributed by atoms with Crippen molar-refractivity contribution in [3.8, 4) is 5.88 Å². The third-order valence-electron chi connectivity index (χ3n) is 3.18. The van der Waals surface area contributed by atoms with E-state index in [-0.39, 0.29) is 0 Å². The lowest BCUT2D eigenvalue weighted by Gasteiger charge is -2.07. The Labute approximate surface area is 110 Å². The summed E-state index contributed by atoms with van der Waals surface area (Å²) in [6.45, 7) is 3.86. The number of nitrogens with zero attached hydrogens (tertiary/aromatic N) is 1. The van der Waals surface area contributed by atoms with E-state index in [1.807, 2.05) is 12.1 Å². The molecule has 0 spiro atoms. The molecule has 1 aromatic rings. The number of hydrogen-bond acceptors (Lipinski definition) is 3. The van der Waals surface area contributed by atoms with Gasteiger partial charge in [-0.1, -0.05) is 32.3 Å². The van der Waals surface area contributed by atoms with E-state index in [0.29, 0.717) is 0 Å². The molecule has 1 aliphatic carbocycles. The maximum absolute atomic E-state index is 5.68. The molecule has 0 radical (unpaired) electrons. The standard InChI is InChI=1S/C15H24N2O/c1-2-3-4-5-11-18-15-8-6-7-14(17-15)12-16-13-9-10-13/h6-8,13,16H,2-5,9-12H2,1H3. The van der Waals surface area contributed by atoms with E-state index in [1.165, 1.54) is 32.1 Å². The van der Waals surface area contributed by atoms with Crippen LogP contribution in [-0.2, 0) is 6.54 Å². The van der Waals surface area contributed by atoms with Gasteiger partial charge in [0.2, 0.25) is 5.88 Å². The van der Waals surface area contributed by atoms with Crippen LogP contribution in [0.2, 0.25) is 0 Å². The van der Waals surface area contributed by atoms with Gasteiger partial charge in [-0.05, 0) is 25.3 Å². The number of aromatic nitrogens is 1. The van der Waals surface area contributed by atoms with Crippen LogP contribution < -0.4 is 10.1 Å². The molecule has 0 aromatic carbocycles. The van der Waals surface area contributed by atoms with Gasteiger partial charge in [-0.15, -0.1) is 0 Å². The Bertz CT molecular complexity index is 350. The van der Waals surface area contributed by atoms with Crippen molar-refractivity contribution in [1.82, 2.24) is 10.3 Å². The molecule has 1 N–H and O–H groups in total. The molecule has 1 fully saturated rings. The quantitative estimate of drug-likeness (QED) is 0.681. The van der Waals surface area contributed by atoms with Crippen LogP contribution in [0.4, 0.5) is 0 Å². The zero-order chi connectivity index (χ0) is 12.6. The first kappa shape index (κ1) is 13.3. The Balaban J connectivity index is 1.68. The fraction of sp³-hybridized carbons (Fsp3) is 0.667. The molecular formula is C15H24N2O. The molecule has 0 atom stereocenters.